The summed E-state index contributed by atoms with van der Waals surface area (Å²) in [6.07, 6.45) is 6.39. The Balaban J connectivity index is 2.27. The number of carbonyl (C=O) groups is 9. The fourth-order valence-corrected chi connectivity index (χ4v) is 7.96. The number of hydrogen-bond donors (Lipinski definition) is 18. The summed E-state index contributed by atoms with van der Waals surface area (Å²) in [6.45, 7) is 0.119. The average molecular weight is 1080 g/mol. The van der Waals surface area contributed by atoms with Gasteiger partial charge in [0.1, 0.15) is 41.9 Å². The number of aliphatic imine (C=N–C) groups is 1. The van der Waals surface area contributed by atoms with Gasteiger partial charge in [-0.25, -0.2) is 9.78 Å². The van der Waals surface area contributed by atoms with E-state index in [2.05, 4.69) is 52.2 Å². The first-order valence-electron chi connectivity index (χ1n) is 25.6. The van der Waals surface area contributed by atoms with Gasteiger partial charge in [0.05, 0.1) is 25.0 Å². The molecule has 1 fully saturated rings. The summed E-state index contributed by atoms with van der Waals surface area (Å²) in [5.41, 5.74) is 44.9. The van der Waals surface area contributed by atoms with Crippen LogP contribution in [0.15, 0.2) is 29.3 Å². The normalized spacial score (nSPS) is 16.1. The molecule has 2 rings (SSSR count). The van der Waals surface area contributed by atoms with Gasteiger partial charge in [0, 0.05) is 37.9 Å². The maximum absolute atomic E-state index is 14.3. The van der Waals surface area contributed by atoms with Crippen LogP contribution in [0.25, 0.3) is 0 Å². The third-order valence-corrected chi connectivity index (χ3v) is 12.1. The molecule has 0 saturated carbocycles. The van der Waals surface area contributed by atoms with Crippen LogP contribution in [0.5, 0.6) is 0 Å². The quantitative estimate of drug-likeness (QED) is 0.0127. The third-order valence-electron chi connectivity index (χ3n) is 12.1. The largest absolute Gasteiger partial charge is 0.477 e. The minimum atomic E-state index is -1.59. The Morgan fingerprint density at radius 1 is 0.737 bits per heavy atom. The molecule has 1 aromatic heterocycles. The van der Waals surface area contributed by atoms with Crippen molar-refractivity contribution in [2.75, 3.05) is 52.4 Å². The second-order valence-corrected chi connectivity index (χ2v) is 18.2. The predicted octanol–water partition coefficient (Wildman–Crippen LogP) is -7.00. The molecule has 2 heterocycles. The fraction of sp³-hybridized carbons (Fsp3) is 0.674. The number of aliphatic carboxylic acids is 1. The number of guanidine groups is 1. The highest BCUT2D eigenvalue weighted by molar-refractivity contribution is 5.99. The van der Waals surface area contributed by atoms with Crippen LogP contribution >= 0.6 is 0 Å². The number of aliphatic hydroxyl groups is 1. The van der Waals surface area contributed by atoms with E-state index in [9.17, 15) is 53.4 Å². The Morgan fingerprint density at radius 3 is 1.92 bits per heavy atom. The zero-order valence-corrected chi connectivity index (χ0v) is 43.1. The minimum absolute atomic E-state index is 0.0400. The van der Waals surface area contributed by atoms with Crippen LogP contribution in [0.1, 0.15) is 95.6 Å². The monoisotopic (exact) mass is 1080 g/mol. The standard InChI is InChI=1S/C46H83N19O11/c47-16-4-1-10-28(52)38(68)64-37(35(66)23-51)43(73)61-29(11-2-5-17-48)39(69)57-25-36(67)59-31(13-7-19-50)44(74)65-21-9-15-34(65)42(72)63-33(22-27-24-55-26-58-27)41(71)60-30(12-3-6-18-49)40(70)62-32(45(75)76)14-8-20-56-46(53)54/h14,24,26,28-31,33-35,37,66H,1-13,15-23,25,47-52H2,(H,55,58)(H,57,69)(H,59,67)(H,60,71)(H,61,73)(H,62,70)(H,63,72)(H,64,68)(H,75,76)(H4,53,54,56)/b32-14-/t28-,29-,30-,31+,33-,34-,35-,37-/m0/s1. The van der Waals surface area contributed by atoms with Crippen LogP contribution in [-0.2, 0) is 49.6 Å². The number of nitrogens with zero attached hydrogens (tertiary/aromatic N) is 3. The zero-order valence-electron chi connectivity index (χ0n) is 43.1. The Kier molecular flexibility index (Phi) is 31.1. The molecule has 0 aliphatic carbocycles. The van der Waals surface area contributed by atoms with E-state index in [4.69, 9.17) is 45.9 Å². The first kappa shape index (κ1) is 65.3. The van der Waals surface area contributed by atoms with Crippen LogP contribution in [0.3, 0.4) is 0 Å². The van der Waals surface area contributed by atoms with Gasteiger partial charge in [-0.15, -0.1) is 0 Å². The number of aromatic amines is 1. The van der Waals surface area contributed by atoms with Crippen molar-refractivity contribution in [2.45, 2.75) is 145 Å². The fourth-order valence-electron chi connectivity index (χ4n) is 7.96. The lowest BCUT2D eigenvalue weighted by molar-refractivity contribution is -0.142. The Bertz CT molecular complexity index is 2070. The van der Waals surface area contributed by atoms with Crippen molar-refractivity contribution in [1.29, 1.82) is 0 Å². The second-order valence-electron chi connectivity index (χ2n) is 18.2. The van der Waals surface area contributed by atoms with Gasteiger partial charge in [0.15, 0.2) is 5.96 Å². The lowest BCUT2D eigenvalue weighted by Gasteiger charge is -2.30. The Labute approximate surface area is 441 Å². The summed E-state index contributed by atoms with van der Waals surface area (Å²) in [7, 11) is 0. The number of rotatable bonds is 38. The first-order chi connectivity index (χ1) is 36.3. The topological polar surface area (TPSA) is 531 Å². The molecule has 428 valence electrons. The van der Waals surface area contributed by atoms with Crippen molar-refractivity contribution in [3.63, 3.8) is 0 Å². The molecule has 8 amide bonds. The van der Waals surface area contributed by atoms with E-state index in [-0.39, 0.29) is 90.0 Å². The van der Waals surface area contributed by atoms with Crippen LogP contribution < -0.4 is 83.1 Å². The molecular weight excluding hydrogens is 995 g/mol. The van der Waals surface area contributed by atoms with E-state index in [1.54, 1.807) is 0 Å². The van der Waals surface area contributed by atoms with Crippen molar-refractivity contribution in [3.8, 4) is 0 Å². The van der Waals surface area contributed by atoms with E-state index < -0.39 is 120 Å². The van der Waals surface area contributed by atoms with Gasteiger partial charge in [-0.05, 0) is 110 Å². The van der Waals surface area contributed by atoms with Crippen LogP contribution in [0, 0.1) is 0 Å². The summed E-state index contributed by atoms with van der Waals surface area (Å²) in [6, 6.07) is -8.86. The number of nitrogens with two attached hydrogens (primary N) is 8. The lowest BCUT2D eigenvalue weighted by atomic mass is 10.0. The number of carboxylic acids is 1. The number of likely N-dealkylation sites (tertiary alicyclic amines) is 1. The molecule has 0 aromatic carbocycles. The molecule has 30 nitrogen and oxygen atoms in total. The molecule has 1 saturated heterocycles. The molecule has 0 bridgehead atoms. The van der Waals surface area contributed by atoms with Crippen LogP contribution in [0.4, 0.5) is 0 Å². The molecule has 26 N–H and O–H groups in total. The summed E-state index contributed by atoms with van der Waals surface area (Å²) < 4.78 is 0. The van der Waals surface area contributed by atoms with E-state index in [0.717, 1.165) is 0 Å². The highest BCUT2D eigenvalue weighted by Crippen LogP contribution is 2.20. The number of hydrogen-bond acceptors (Lipinski definition) is 18. The number of aromatic nitrogens is 2. The molecule has 8 atom stereocenters. The van der Waals surface area contributed by atoms with Gasteiger partial charge < -0.3 is 103 Å². The number of aliphatic hydroxyl groups excluding tert-OH is 1. The molecule has 1 aliphatic heterocycles. The SMILES string of the molecule is NCCCC[C@H](NC(=O)[C@H](Cc1cnc[nH]1)NC(=O)[C@@H]1CCCN1C(=O)[C@@H](CCCN)NC(=O)CNC(=O)[C@H](CCCCN)NC(=O)[C@@H](NC(=O)[C@@H](N)CCCCN)[C@@H](O)CN)C(=O)N/C(=C\CCN=C(N)N)C(=O)O. The predicted molar refractivity (Wildman–Crippen MR) is 279 cm³/mol. The van der Waals surface area contributed by atoms with Crippen molar-refractivity contribution >= 4 is 59.2 Å². The number of H-pyrrole nitrogens is 1. The van der Waals surface area contributed by atoms with E-state index in [1.807, 2.05) is 0 Å². The minimum Gasteiger partial charge on any atom is -0.477 e. The Morgan fingerprint density at radius 2 is 1.34 bits per heavy atom. The summed E-state index contributed by atoms with van der Waals surface area (Å²) in [5, 5.41) is 38.1. The lowest BCUT2D eigenvalue weighted by Crippen LogP contribution is -2.61. The molecule has 0 radical (unpaired) electrons. The smallest absolute Gasteiger partial charge is 0.352 e. The first-order valence-corrected chi connectivity index (χ1v) is 25.6. The van der Waals surface area contributed by atoms with Crippen molar-refractivity contribution in [3.05, 3.63) is 30.0 Å². The number of amides is 8. The van der Waals surface area contributed by atoms with Gasteiger partial charge in [0.25, 0.3) is 0 Å². The maximum atomic E-state index is 14.3. The highest BCUT2D eigenvalue weighted by Gasteiger charge is 2.40. The van der Waals surface area contributed by atoms with Gasteiger partial charge in [0.2, 0.25) is 47.3 Å². The summed E-state index contributed by atoms with van der Waals surface area (Å²) >= 11 is 0. The summed E-state index contributed by atoms with van der Waals surface area (Å²) in [4.78, 5) is 134. The van der Waals surface area contributed by atoms with Gasteiger partial charge in [-0.3, -0.25) is 43.3 Å². The number of unbranched alkanes of at least 4 members (excludes halogenated alkanes) is 3. The van der Waals surface area contributed by atoms with E-state index in [0.29, 0.717) is 57.2 Å². The number of carbonyl (C=O) groups excluding carboxylic acids is 8. The van der Waals surface area contributed by atoms with Gasteiger partial charge >= 0.3 is 5.97 Å². The number of imidazole rings is 1. The molecule has 0 spiro atoms. The molecule has 1 aromatic rings. The summed E-state index contributed by atoms with van der Waals surface area (Å²) in [5.74, 6) is -7.98. The molecule has 76 heavy (non-hydrogen) atoms. The third kappa shape index (κ3) is 23.8. The zero-order chi connectivity index (χ0) is 56.6. The molecule has 0 unspecified atom stereocenters. The number of nitrogens with one attached hydrogen (secondary N) is 8. The van der Waals surface area contributed by atoms with E-state index in [1.165, 1.54) is 23.5 Å². The van der Waals surface area contributed by atoms with Crippen molar-refractivity contribution < 1.29 is 53.4 Å². The van der Waals surface area contributed by atoms with E-state index >= 15 is 0 Å². The maximum Gasteiger partial charge on any atom is 0.352 e. The van der Waals surface area contributed by atoms with Gasteiger partial charge in [-0.2, -0.15) is 0 Å². The van der Waals surface area contributed by atoms with Crippen LogP contribution in [0.2, 0.25) is 0 Å². The second kappa shape index (κ2) is 36.2. The van der Waals surface area contributed by atoms with Crippen molar-refractivity contribution in [1.82, 2.24) is 52.1 Å². The van der Waals surface area contributed by atoms with Crippen molar-refractivity contribution in [2.24, 2.45) is 50.9 Å². The number of carboxylic acid groups (broad SMARTS) is 1. The van der Waals surface area contributed by atoms with Crippen LogP contribution in [-0.4, -0.2) is 185 Å². The Hall–Kier alpha value is -6.83. The highest BCUT2D eigenvalue weighted by atomic mass is 16.4. The molecule has 1 aliphatic rings. The average Bonchev–Trinajstić information content (AvgIpc) is 4.11. The molecular formula is C46H83N19O11. The van der Waals surface area contributed by atoms with Gasteiger partial charge in [-0.1, -0.05) is 12.5 Å². The molecule has 30 heteroatoms.